The highest BCUT2D eigenvalue weighted by molar-refractivity contribution is 5.98. The first-order valence-electron chi connectivity index (χ1n) is 23.0. The topological polar surface area (TPSA) is 94.6 Å². The van der Waals surface area contributed by atoms with E-state index in [-0.39, 0.29) is 53.1 Å². The summed E-state index contributed by atoms with van der Waals surface area (Å²) in [4.78, 5) is 69.1. The predicted molar refractivity (Wildman–Crippen MR) is 243 cm³/mol. The lowest BCUT2D eigenvalue weighted by atomic mass is 9.69. The average Bonchev–Trinajstić information content (AvgIpc) is 3.55. The van der Waals surface area contributed by atoms with Crippen LogP contribution in [0.4, 0.5) is 0 Å². The van der Waals surface area contributed by atoms with Gasteiger partial charge >= 0.3 is 0 Å². The Bertz CT molecular complexity index is 2090. The molecule has 2 aromatic carbocycles. The Balaban J connectivity index is 1.34. The highest BCUT2D eigenvalue weighted by Gasteiger charge is 2.59. The van der Waals surface area contributed by atoms with Crippen LogP contribution in [0.5, 0.6) is 5.75 Å². The summed E-state index contributed by atoms with van der Waals surface area (Å²) >= 11 is 0. The molecule has 6 nitrogen and oxygen atoms in total. The van der Waals surface area contributed by atoms with Crippen molar-refractivity contribution in [3.8, 4) is 5.75 Å². The summed E-state index contributed by atoms with van der Waals surface area (Å²) in [6.45, 7) is 24.4. The van der Waals surface area contributed by atoms with Gasteiger partial charge in [0.05, 0.1) is 0 Å². The summed E-state index contributed by atoms with van der Waals surface area (Å²) < 4.78 is 7.07. The zero-order chi connectivity index (χ0) is 43.9. The number of allylic oxidation sites excluding steroid dienone is 5. The van der Waals surface area contributed by atoms with Crippen LogP contribution >= 0.6 is 0 Å². The van der Waals surface area contributed by atoms with Crippen LogP contribution in [0.3, 0.4) is 0 Å². The van der Waals surface area contributed by atoms with Crippen molar-refractivity contribution in [3.05, 3.63) is 71.3 Å². The fraction of sp³-hybridized carbons (Fsp3) is 0.611. The molecule has 6 atom stereocenters. The second-order valence-electron chi connectivity index (χ2n) is 21.9. The van der Waals surface area contributed by atoms with Gasteiger partial charge in [-0.25, -0.2) is 0 Å². The summed E-state index contributed by atoms with van der Waals surface area (Å²) in [6, 6.07) is 8.76. The molecule has 0 spiro atoms. The highest BCUT2D eigenvalue weighted by atomic mass is 16.5. The van der Waals surface area contributed by atoms with E-state index in [9.17, 15) is 19.2 Å². The number of Topliss-reactive ketones (excluding diaryl/α,β-unsaturated/α-hetero) is 5. The van der Waals surface area contributed by atoms with Crippen LogP contribution < -0.4 is 4.74 Å². The molecule has 0 radical (unpaired) electrons. The minimum atomic E-state index is -0.749. The van der Waals surface area contributed by atoms with Gasteiger partial charge in [-0.2, -0.15) is 0 Å². The summed E-state index contributed by atoms with van der Waals surface area (Å²) in [6.07, 6.45) is 14.0. The molecule has 0 saturated heterocycles. The Morgan fingerprint density at radius 1 is 0.933 bits per heavy atom. The van der Waals surface area contributed by atoms with Crippen molar-refractivity contribution in [1.29, 1.82) is 0 Å². The average molecular weight is 817 g/mol. The first kappa shape index (κ1) is 45.6. The van der Waals surface area contributed by atoms with Crippen molar-refractivity contribution in [1.82, 2.24) is 0 Å². The fourth-order valence-corrected chi connectivity index (χ4v) is 10.9. The van der Waals surface area contributed by atoms with E-state index < -0.39 is 34.7 Å². The summed E-state index contributed by atoms with van der Waals surface area (Å²) in [7, 11) is 0. The lowest BCUT2D eigenvalue weighted by Gasteiger charge is -2.33. The molecule has 60 heavy (non-hydrogen) atoms. The molecule has 6 rings (SSSR count). The van der Waals surface area contributed by atoms with Gasteiger partial charge in [0, 0.05) is 60.7 Å². The second kappa shape index (κ2) is 17.8. The predicted octanol–water partition coefficient (Wildman–Crippen LogP) is 12.7. The maximum absolute atomic E-state index is 15.0. The summed E-state index contributed by atoms with van der Waals surface area (Å²) in [5.74, 6) is -0.0562. The third-order valence-electron chi connectivity index (χ3n) is 14.4. The monoisotopic (exact) mass is 817 g/mol. The van der Waals surface area contributed by atoms with E-state index >= 15 is 4.79 Å². The van der Waals surface area contributed by atoms with Crippen molar-refractivity contribution in [3.63, 3.8) is 0 Å². The SMILES string of the molecule is C=CC1CC1(CC(=O)C1CC(Oc2cc(C3=CCC(CC(=O)CC(C)(C)C)=C3)cc3cc(C(C)C)c(C)cc23)CC1C(=O)C(CC(=O)CC1CCCC1)C(C)(C)C)C(C)=O. The first-order valence-corrected chi connectivity index (χ1v) is 23.0. The van der Waals surface area contributed by atoms with Gasteiger partial charge < -0.3 is 4.74 Å². The zero-order valence-corrected chi connectivity index (χ0v) is 38.4. The number of fused-ring (bicyclic) bond motifs is 1. The molecule has 0 amide bonds. The van der Waals surface area contributed by atoms with Gasteiger partial charge in [0.25, 0.3) is 0 Å². The molecule has 0 aromatic heterocycles. The minimum Gasteiger partial charge on any atom is -0.490 e. The maximum Gasteiger partial charge on any atom is 0.140 e. The maximum atomic E-state index is 15.0. The molecule has 6 unspecified atom stereocenters. The van der Waals surface area contributed by atoms with Crippen molar-refractivity contribution >= 4 is 45.3 Å². The highest BCUT2D eigenvalue weighted by Crippen LogP contribution is 2.58. The van der Waals surface area contributed by atoms with Gasteiger partial charge in [0.1, 0.15) is 40.8 Å². The van der Waals surface area contributed by atoms with Crippen molar-refractivity contribution < 1.29 is 28.7 Å². The lowest BCUT2D eigenvalue weighted by molar-refractivity contribution is -0.139. The number of aryl methyl sites for hydroxylation is 1. The molecule has 2 aromatic rings. The molecule has 4 aliphatic rings. The Hall–Kier alpha value is -3.93. The quantitative estimate of drug-likeness (QED) is 0.139. The van der Waals surface area contributed by atoms with Crippen LogP contribution in [0.25, 0.3) is 16.3 Å². The van der Waals surface area contributed by atoms with Crippen molar-refractivity contribution in [2.45, 2.75) is 165 Å². The Morgan fingerprint density at radius 3 is 2.22 bits per heavy atom. The molecule has 0 aliphatic heterocycles. The number of hydrogen-bond donors (Lipinski definition) is 0. The number of ketones is 5. The van der Waals surface area contributed by atoms with E-state index in [4.69, 9.17) is 4.74 Å². The number of rotatable bonds is 18. The Labute approximate surface area is 360 Å². The number of hydrogen-bond acceptors (Lipinski definition) is 6. The molecule has 3 fully saturated rings. The van der Waals surface area contributed by atoms with Crippen LogP contribution in [0.1, 0.15) is 168 Å². The number of benzene rings is 2. The summed E-state index contributed by atoms with van der Waals surface area (Å²) in [5, 5.41) is 2.04. The molecule has 324 valence electrons. The largest absolute Gasteiger partial charge is 0.490 e. The number of ether oxygens (including phenoxy) is 1. The van der Waals surface area contributed by atoms with Crippen molar-refractivity contribution in [2.75, 3.05) is 0 Å². The van der Waals surface area contributed by atoms with Gasteiger partial charge in [-0.3, -0.25) is 24.0 Å². The van der Waals surface area contributed by atoms with Crippen LogP contribution in [0.2, 0.25) is 0 Å². The van der Waals surface area contributed by atoms with E-state index in [1.54, 1.807) is 13.0 Å². The smallest absolute Gasteiger partial charge is 0.140 e. The number of carbonyl (C=O) groups excluding carboxylic acids is 5. The van der Waals surface area contributed by atoms with E-state index in [0.29, 0.717) is 56.1 Å². The summed E-state index contributed by atoms with van der Waals surface area (Å²) in [5.41, 5.74) is 4.33. The van der Waals surface area contributed by atoms with E-state index in [1.165, 1.54) is 11.1 Å². The molecule has 4 aliphatic carbocycles. The fourth-order valence-electron chi connectivity index (χ4n) is 10.9. The van der Waals surface area contributed by atoms with E-state index in [1.807, 2.05) is 20.8 Å². The second-order valence-corrected chi connectivity index (χ2v) is 21.9. The molecule has 0 heterocycles. The van der Waals surface area contributed by atoms with Crippen LogP contribution in [-0.4, -0.2) is 35.0 Å². The molecular formula is C54H72O6. The molecular weight excluding hydrogens is 745 g/mol. The third-order valence-corrected chi connectivity index (χ3v) is 14.4. The third kappa shape index (κ3) is 10.4. The van der Waals surface area contributed by atoms with Gasteiger partial charge in [0.15, 0.2) is 0 Å². The van der Waals surface area contributed by atoms with E-state index in [0.717, 1.165) is 59.6 Å². The normalized spacial score (nSPS) is 25.0. The first-order chi connectivity index (χ1) is 28.1. The molecule has 3 saturated carbocycles. The van der Waals surface area contributed by atoms with Gasteiger partial charge in [-0.05, 0) is 114 Å². The standard InChI is InChI=1S/C54H72O6/c1-12-40-29-54(40,34(5)55)31-49(58)46-27-43(28-47(46)51(59)48(53(9,10)11)26-41(56)21-35-15-13-14-16-35)60-50-25-38(23-39-24-44(32(2)3)33(4)19-45(39)50)37-18-17-36(20-37)22-42(57)30-52(6,7)8/h12,18-20,23-25,32,35,40,43,46-48H,1,13-17,21-22,26-31H2,2-11H3. The van der Waals surface area contributed by atoms with Gasteiger partial charge in [0.2, 0.25) is 0 Å². The Morgan fingerprint density at radius 2 is 1.62 bits per heavy atom. The van der Waals surface area contributed by atoms with Gasteiger partial charge in [-0.1, -0.05) is 111 Å². The minimum absolute atomic E-state index is 0.00378. The zero-order valence-electron chi connectivity index (χ0n) is 38.4. The van der Waals surface area contributed by atoms with Gasteiger partial charge in [-0.15, -0.1) is 6.58 Å². The molecule has 0 N–H and O–H groups in total. The van der Waals surface area contributed by atoms with Crippen LogP contribution in [0.15, 0.2) is 54.6 Å². The van der Waals surface area contributed by atoms with Crippen molar-refractivity contribution in [2.24, 2.45) is 45.8 Å². The van der Waals surface area contributed by atoms with E-state index in [2.05, 4.69) is 84.5 Å². The molecule has 0 bridgehead atoms. The number of carbonyl (C=O) groups is 5. The Kier molecular flexibility index (Phi) is 13.5. The molecule has 6 heteroatoms. The van der Waals surface area contributed by atoms with Crippen LogP contribution in [0, 0.1) is 52.8 Å². The van der Waals surface area contributed by atoms with Crippen LogP contribution in [-0.2, 0) is 24.0 Å². The lowest BCUT2D eigenvalue weighted by Crippen LogP contribution is -2.38.